The summed E-state index contributed by atoms with van der Waals surface area (Å²) in [5.41, 5.74) is 0.913. The van der Waals surface area contributed by atoms with Crippen molar-refractivity contribution < 1.29 is 18.0 Å². The van der Waals surface area contributed by atoms with Gasteiger partial charge in [-0.2, -0.15) is 0 Å². The van der Waals surface area contributed by atoms with Gasteiger partial charge in [-0.25, -0.2) is 8.42 Å². The SMILES string of the molecule is CC(=O)c1cccc(N(CC(=O)Nc2cc(Cl)cc(Cl)c2)S(C)(=O)=O)c1. The molecular weight excluding hydrogens is 399 g/mol. The van der Waals surface area contributed by atoms with Gasteiger partial charge in [0.15, 0.2) is 5.78 Å². The number of ketones is 1. The molecule has 0 unspecified atom stereocenters. The lowest BCUT2D eigenvalue weighted by Gasteiger charge is -2.22. The van der Waals surface area contributed by atoms with Gasteiger partial charge in [0, 0.05) is 21.3 Å². The van der Waals surface area contributed by atoms with E-state index in [9.17, 15) is 18.0 Å². The fraction of sp³-hybridized carbons (Fsp3) is 0.176. The van der Waals surface area contributed by atoms with Gasteiger partial charge in [0.1, 0.15) is 6.54 Å². The molecule has 1 amide bonds. The van der Waals surface area contributed by atoms with E-state index in [1.165, 1.54) is 37.3 Å². The second-order valence-corrected chi connectivity index (χ2v) is 8.36. The highest BCUT2D eigenvalue weighted by Gasteiger charge is 2.21. The normalized spacial score (nSPS) is 11.1. The highest BCUT2D eigenvalue weighted by atomic mass is 35.5. The van der Waals surface area contributed by atoms with Crippen LogP contribution in [0.5, 0.6) is 0 Å². The van der Waals surface area contributed by atoms with Crippen molar-refractivity contribution in [1.29, 1.82) is 0 Å². The molecule has 2 rings (SSSR count). The molecule has 0 aliphatic heterocycles. The maximum Gasteiger partial charge on any atom is 0.245 e. The van der Waals surface area contributed by atoms with Crippen molar-refractivity contribution >= 4 is 56.3 Å². The number of Topliss-reactive ketones (excluding diaryl/α,β-unsaturated/α-hetero) is 1. The second-order valence-electron chi connectivity index (χ2n) is 5.58. The quantitative estimate of drug-likeness (QED) is 0.731. The molecule has 0 aliphatic rings. The topological polar surface area (TPSA) is 83.6 Å². The summed E-state index contributed by atoms with van der Waals surface area (Å²) in [6.45, 7) is 0.907. The lowest BCUT2D eigenvalue weighted by molar-refractivity contribution is -0.114. The van der Waals surface area contributed by atoms with Gasteiger partial charge < -0.3 is 5.32 Å². The smallest absolute Gasteiger partial charge is 0.245 e. The lowest BCUT2D eigenvalue weighted by atomic mass is 10.1. The maximum atomic E-state index is 12.3. The van der Waals surface area contributed by atoms with Crippen LogP contribution in [0.3, 0.4) is 0 Å². The van der Waals surface area contributed by atoms with Gasteiger partial charge in [-0.15, -0.1) is 0 Å². The predicted molar refractivity (Wildman–Crippen MR) is 104 cm³/mol. The number of carbonyl (C=O) groups excluding carboxylic acids is 2. The number of rotatable bonds is 6. The van der Waals surface area contributed by atoms with Gasteiger partial charge in [0.2, 0.25) is 15.9 Å². The van der Waals surface area contributed by atoms with E-state index in [4.69, 9.17) is 23.2 Å². The number of carbonyl (C=O) groups is 2. The average molecular weight is 415 g/mol. The number of halogens is 2. The minimum Gasteiger partial charge on any atom is -0.324 e. The summed E-state index contributed by atoms with van der Waals surface area (Å²) in [5, 5.41) is 3.22. The van der Waals surface area contributed by atoms with Crippen molar-refractivity contribution in [3.05, 3.63) is 58.1 Å². The van der Waals surface area contributed by atoms with Crippen molar-refractivity contribution in [2.75, 3.05) is 22.4 Å². The highest BCUT2D eigenvalue weighted by Crippen LogP contribution is 2.23. The predicted octanol–water partition coefficient (Wildman–Crippen LogP) is 3.60. The van der Waals surface area contributed by atoms with Crippen molar-refractivity contribution in [2.24, 2.45) is 0 Å². The van der Waals surface area contributed by atoms with Crippen molar-refractivity contribution in [1.82, 2.24) is 0 Å². The third kappa shape index (κ3) is 5.45. The summed E-state index contributed by atoms with van der Waals surface area (Å²) in [6, 6.07) is 10.6. The Balaban J connectivity index is 2.27. The average Bonchev–Trinajstić information content (AvgIpc) is 2.50. The van der Waals surface area contributed by atoms with Crippen LogP contribution in [-0.2, 0) is 14.8 Å². The monoisotopic (exact) mass is 414 g/mol. The molecule has 0 fully saturated rings. The lowest BCUT2D eigenvalue weighted by Crippen LogP contribution is -2.37. The third-order valence-electron chi connectivity index (χ3n) is 3.37. The number of hydrogen-bond donors (Lipinski definition) is 1. The van der Waals surface area contributed by atoms with E-state index >= 15 is 0 Å². The van der Waals surface area contributed by atoms with E-state index in [1.54, 1.807) is 12.1 Å². The Morgan fingerprint density at radius 2 is 1.69 bits per heavy atom. The molecule has 26 heavy (non-hydrogen) atoms. The van der Waals surface area contributed by atoms with Crippen LogP contribution < -0.4 is 9.62 Å². The van der Waals surface area contributed by atoms with Crippen molar-refractivity contribution in [3.8, 4) is 0 Å². The number of amides is 1. The molecular formula is C17H16Cl2N2O4S. The molecule has 0 aromatic heterocycles. The number of nitrogens with one attached hydrogen (secondary N) is 1. The largest absolute Gasteiger partial charge is 0.324 e. The molecule has 0 spiro atoms. The Hall–Kier alpha value is -2.09. The molecule has 0 heterocycles. The first-order valence-corrected chi connectivity index (χ1v) is 10.0. The van der Waals surface area contributed by atoms with E-state index in [2.05, 4.69) is 5.32 Å². The van der Waals surface area contributed by atoms with Gasteiger partial charge in [0.05, 0.1) is 11.9 Å². The van der Waals surface area contributed by atoms with Gasteiger partial charge in [-0.3, -0.25) is 13.9 Å². The minimum absolute atomic E-state index is 0.210. The van der Waals surface area contributed by atoms with Crippen molar-refractivity contribution in [3.63, 3.8) is 0 Å². The fourth-order valence-corrected chi connectivity index (χ4v) is 3.61. The molecule has 9 heteroatoms. The molecule has 0 saturated heterocycles. The van der Waals surface area contributed by atoms with Gasteiger partial charge in [-0.05, 0) is 37.3 Å². The first kappa shape index (κ1) is 20.2. The summed E-state index contributed by atoms with van der Waals surface area (Å²) in [5.74, 6) is -0.791. The Kier molecular flexibility index (Phi) is 6.28. The zero-order valence-electron chi connectivity index (χ0n) is 14.0. The fourth-order valence-electron chi connectivity index (χ4n) is 2.24. The van der Waals surface area contributed by atoms with Crippen LogP contribution in [0.15, 0.2) is 42.5 Å². The molecule has 0 aliphatic carbocycles. The van der Waals surface area contributed by atoms with Gasteiger partial charge >= 0.3 is 0 Å². The van der Waals surface area contributed by atoms with Gasteiger partial charge in [-0.1, -0.05) is 35.3 Å². The first-order valence-electron chi connectivity index (χ1n) is 7.41. The number of sulfonamides is 1. The number of benzene rings is 2. The van der Waals surface area contributed by atoms with E-state index < -0.39 is 22.5 Å². The molecule has 0 saturated carbocycles. The summed E-state index contributed by atoms with van der Waals surface area (Å²) in [4.78, 5) is 23.8. The minimum atomic E-state index is -3.76. The molecule has 2 aromatic rings. The zero-order valence-corrected chi connectivity index (χ0v) is 16.3. The Labute approximate surface area is 161 Å². The molecule has 0 atom stereocenters. The van der Waals surface area contributed by atoms with Crippen LogP contribution in [0.2, 0.25) is 10.0 Å². The molecule has 0 bridgehead atoms. The summed E-state index contributed by atoms with van der Waals surface area (Å²) >= 11 is 11.8. The van der Waals surface area contributed by atoms with Gasteiger partial charge in [0.25, 0.3) is 0 Å². The standard InChI is InChI=1S/C17H16Cl2N2O4S/c1-11(22)12-4-3-5-16(6-12)21(26(2,24)25)10-17(23)20-15-8-13(18)7-14(19)9-15/h3-9H,10H2,1-2H3,(H,20,23). The number of anilines is 2. The highest BCUT2D eigenvalue weighted by molar-refractivity contribution is 7.92. The molecule has 6 nitrogen and oxygen atoms in total. The Morgan fingerprint density at radius 1 is 1.08 bits per heavy atom. The zero-order chi connectivity index (χ0) is 19.5. The van der Waals surface area contributed by atoms with E-state index in [-0.39, 0.29) is 11.5 Å². The third-order valence-corrected chi connectivity index (χ3v) is 4.95. The number of nitrogens with zero attached hydrogens (tertiary/aromatic N) is 1. The van der Waals surface area contributed by atoms with Crippen LogP contribution in [0, 0.1) is 0 Å². The van der Waals surface area contributed by atoms with Crippen LogP contribution >= 0.6 is 23.2 Å². The van der Waals surface area contributed by atoms with Crippen LogP contribution in [0.25, 0.3) is 0 Å². The van der Waals surface area contributed by atoms with Crippen molar-refractivity contribution in [2.45, 2.75) is 6.92 Å². The summed E-state index contributed by atoms with van der Waals surface area (Å²) in [7, 11) is -3.76. The first-order chi connectivity index (χ1) is 12.1. The van der Waals surface area contributed by atoms with E-state index in [0.29, 0.717) is 21.3 Å². The van der Waals surface area contributed by atoms with E-state index in [1.807, 2.05) is 0 Å². The molecule has 0 radical (unpaired) electrons. The van der Waals surface area contributed by atoms with Crippen LogP contribution in [0.4, 0.5) is 11.4 Å². The second kappa shape index (κ2) is 8.07. The Bertz CT molecular complexity index is 941. The van der Waals surface area contributed by atoms with Crippen LogP contribution in [0.1, 0.15) is 17.3 Å². The summed E-state index contributed by atoms with van der Waals surface area (Å²) < 4.78 is 25.2. The molecule has 2 aromatic carbocycles. The number of hydrogen-bond acceptors (Lipinski definition) is 4. The maximum absolute atomic E-state index is 12.3. The van der Waals surface area contributed by atoms with Crippen LogP contribution in [-0.4, -0.2) is 32.9 Å². The summed E-state index contributed by atoms with van der Waals surface area (Å²) in [6.07, 6.45) is 0.983. The molecule has 1 N–H and O–H groups in total. The molecule has 138 valence electrons. The van der Waals surface area contributed by atoms with E-state index in [0.717, 1.165) is 10.6 Å². The Morgan fingerprint density at radius 3 is 2.23 bits per heavy atom.